The van der Waals surface area contributed by atoms with Gasteiger partial charge in [-0.3, -0.25) is 13.9 Å². The molecule has 3 N–H and O–H groups in total. The third kappa shape index (κ3) is 6.50. The molecule has 0 aliphatic carbocycles. The lowest BCUT2D eigenvalue weighted by atomic mass is 9.86. The number of likely N-dealkylation sites (N-methyl/N-ethyl adjacent to an activating group) is 1. The van der Waals surface area contributed by atoms with E-state index in [0.29, 0.717) is 17.2 Å². The second-order valence-electron chi connectivity index (χ2n) is 10.6. The van der Waals surface area contributed by atoms with Crippen molar-refractivity contribution in [2.24, 2.45) is 0 Å². The van der Waals surface area contributed by atoms with Crippen LogP contribution < -0.4 is 4.90 Å². The maximum atomic E-state index is 12.0. The highest BCUT2D eigenvalue weighted by Gasteiger charge is 2.47. The maximum absolute atomic E-state index is 12.0. The van der Waals surface area contributed by atoms with Gasteiger partial charge in [0.2, 0.25) is 0 Å². The fourth-order valence-electron chi connectivity index (χ4n) is 4.99. The van der Waals surface area contributed by atoms with E-state index in [1.807, 2.05) is 41.9 Å². The number of rotatable bonds is 12. The Labute approximate surface area is 239 Å². The van der Waals surface area contributed by atoms with Gasteiger partial charge in [-0.1, -0.05) is 57.7 Å². The van der Waals surface area contributed by atoms with Gasteiger partial charge < -0.3 is 10.0 Å². The van der Waals surface area contributed by atoms with Crippen LogP contribution in [-0.2, 0) is 10.5 Å². The number of hydrogen-bond donors (Lipinski definition) is 3. The average Bonchev–Trinajstić information content (AvgIpc) is 2.97. The summed E-state index contributed by atoms with van der Waals surface area (Å²) < 4.78 is 24.9. The van der Waals surface area contributed by atoms with Crippen molar-refractivity contribution in [3.63, 3.8) is 0 Å². The smallest absolute Gasteiger partial charge is 0.319 e. The molecule has 0 fully saturated rings. The lowest BCUT2D eigenvalue weighted by Gasteiger charge is -2.50. The third-order valence-electron chi connectivity index (χ3n) is 7.61. The molecule has 0 radical (unpaired) electrons. The highest BCUT2D eigenvalue weighted by molar-refractivity contribution is 8.22. The van der Waals surface area contributed by atoms with E-state index >= 15 is 0 Å². The summed E-state index contributed by atoms with van der Waals surface area (Å²) in [6.07, 6.45) is 7.84. The van der Waals surface area contributed by atoms with E-state index in [1.54, 1.807) is 25.6 Å². The molecule has 1 heterocycles. The number of hydrogen-bond acceptors (Lipinski definition) is 7. The Morgan fingerprint density at radius 2 is 1.68 bits per heavy atom. The van der Waals surface area contributed by atoms with E-state index in [2.05, 4.69) is 36.9 Å². The minimum absolute atomic E-state index is 0.417. The van der Waals surface area contributed by atoms with Crippen LogP contribution >= 0.6 is 34.3 Å². The Hall–Kier alpha value is -1.36. The Morgan fingerprint density at radius 3 is 2.21 bits per heavy atom. The van der Waals surface area contributed by atoms with Crippen LogP contribution in [0.5, 0.6) is 0 Å². The molecule has 1 aliphatic heterocycles. The SMILES string of the molecule is CCCCC1(CCCC)CN(c2ccccc2)c2cc(SC)c(CSC(C)(C)C(=O)O)cc2S(O)(O)N1C. The highest BCUT2D eigenvalue weighted by atomic mass is 32.3. The fraction of sp³-hybridized carbons (Fsp3) is 0.552. The number of unbranched alkanes of at least 4 members (excludes halogenated alkanes) is 2. The second kappa shape index (κ2) is 12.9. The molecule has 38 heavy (non-hydrogen) atoms. The van der Waals surface area contributed by atoms with Crippen molar-refractivity contribution in [1.29, 1.82) is 0 Å². The fourth-order valence-corrected chi connectivity index (χ4v) is 8.41. The van der Waals surface area contributed by atoms with Crippen molar-refractivity contribution < 1.29 is 19.0 Å². The normalized spacial score (nSPS) is 18.1. The predicted octanol–water partition coefficient (Wildman–Crippen LogP) is 8.73. The number of fused-ring (bicyclic) bond motifs is 1. The third-order valence-corrected chi connectivity index (χ3v) is 11.9. The van der Waals surface area contributed by atoms with Gasteiger partial charge in [0.15, 0.2) is 0 Å². The number of carbonyl (C=O) groups is 1. The first-order valence-electron chi connectivity index (χ1n) is 13.4. The molecule has 0 saturated carbocycles. The molecule has 0 aromatic heterocycles. The summed E-state index contributed by atoms with van der Waals surface area (Å²) in [5.74, 6) is -0.400. The molecule has 9 heteroatoms. The zero-order chi connectivity index (χ0) is 28.1. The number of carboxylic acids is 1. The summed E-state index contributed by atoms with van der Waals surface area (Å²) in [5.41, 5.74) is 2.34. The van der Waals surface area contributed by atoms with Crippen molar-refractivity contribution in [2.75, 3.05) is 24.7 Å². The van der Waals surface area contributed by atoms with Crippen LogP contribution in [0.25, 0.3) is 0 Å². The zero-order valence-corrected chi connectivity index (χ0v) is 26.0. The molecule has 2 aromatic rings. The monoisotopic (exact) mass is 580 g/mol. The van der Waals surface area contributed by atoms with Gasteiger partial charge >= 0.3 is 5.97 Å². The maximum Gasteiger partial charge on any atom is 0.319 e. The molecule has 3 rings (SSSR count). The van der Waals surface area contributed by atoms with E-state index in [9.17, 15) is 19.0 Å². The van der Waals surface area contributed by atoms with Crippen LogP contribution in [0.15, 0.2) is 52.3 Å². The molecule has 1 aliphatic rings. The largest absolute Gasteiger partial charge is 0.480 e. The van der Waals surface area contributed by atoms with Gasteiger partial charge in [0, 0.05) is 29.9 Å². The molecule has 212 valence electrons. The molecule has 0 bridgehead atoms. The van der Waals surface area contributed by atoms with E-state index in [-0.39, 0.29) is 0 Å². The van der Waals surface area contributed by atoms with Gasteiger partial charge in [-0.15, -0.1) is 34.3 Å². The molecule has 0 spiro atoms. The lowest BCUT2D eigenvalue weighted by molar-refractivity contribution is -0.138. The Bertz CT molecular complexity index is 1090. The number of para-hydroxylation sites is 1. The average molecular weight is 581 g/mol. The van der Waals surface area contributed by atoms with E-state index < -0.39 is 27.0 Å². The molecular weight excluding hydrogens is 537 g/mol. The van der Waals surface area contributed by atoms with Crippen molar-refractivity contribution in [2.45, 2.75) is 92.0 Å². The van der Waals surface area contributed by atoms with Gasteiger partial charge in [-0.2, -0.15) is 4.31 Å². The first kappa shape index (κ1) is 31.2. The number of anilines is 2. The number of benzene rings is 2. The zero-order valence-electron chi connectivity index (χ0n) is 23.6. The molecular formula is C29H44N2O4S3. The number of thioether (sulfide) groups is 2. The molecule has 6 nitrogen and oxygen atoms in total. The second-order valence-corrected chi connectivity index (χ2v) is 15.1. The van der Waals surface area contributed by atoms with Crippen LogP contribution in [0.2, 0.25) is 0 Å². The quantitative estimate of drug-likeness (QED) is 0.215. The summed E-state index contributed by atoms with van der Waals surface area (Å²) in [6, 6.07) is 14.2. The van der Waals surface area contributed by atoms with Gasteiger partial charge in [0.05, 0.1) is 16.1 Å². The summed E-state index contributed by atoms with van der Waals surface area (Å²) in [6.45, 7) is 8.43. The molecule has 0 unspecified atom stereocenters. The predicted molar refractivity (Wildman–Crippen MR) is 165 cm³/mol. The van der Waals surface area contributed by atoms with Gasteiger partial charge in [-0.25, -0.2) is 0 Å². The molecule has 0 amide bonds. The van der Waals surface area contributed by atoms with Crippen LogP contribution in [0.4, 0.5) is 11.4 Å². The molecule has 0 atom stereocenters. The van der Waals surface area contributed by atoms with Gasteiger partial charge in [0.1, 0.15) is 4.75 Å². The minimum atomic E-state index is -3.33. The van der Waals surface area contributed by atoms with Crippen LogP contribution in [0.3, 0.4) is 0 Å². The van der Waals surface area contributed by atoms with Crippen molar-refractivity contribution in [1.82, 2.24) is 4.31 Å². The summed E-state index contributed by atoms with van der Waals surface area (Å²) in [5, 5.41) is 9.64. The standard InChI is InChI=1S/C29H44N2O4S3/c1-7-9-16-29(17-10-8-2)21-31(23-14-12-11-13-15-23)24-19-25(36-6)22(20-37-28(3,4)27(32)33)18-26(24)38(34,35)30(29)5/h11-15,18-19,34-35H,7-10,16-17,20-21H2,1-6H3,(H,32,33). The molecule has 2 aromatic carbocycles. The van der Waals surface area contributed by atoms with Crippen LogP contribution in [0, 0.1) is 0 Å². The number of aliphatic carboxylic acids is 1. The Kier molecular flexibility index (Phi) is 10.6. The number of carboxylic acid groups (broad SMARTS) is 1. The topological polar surface area (TPSA) is 84.2 Å². The molecule has 0 saturated heterocycles. The van der Waals surface area contributed by atoms with E-state index in [1.165, 1.54) is 11.8 Å². The van der Waals surface area contributed by atoms with E-state index in [0.717, 1.165) is 60.4 Å². The first-order chi connectivity index (χ1) is 17.9. The summed E-state index contributed by atoms with van der Waals surface area (Å²) in [7, 11) is -1.45. The van der Waals surface area contributed by atoms with Crippen LogP contribution in [-0.4, -0.2) is 54.6 Å². The lowest BCUT2D eigenvalue weighted by Crippen LogP contribution is -2.52. The van der Waals surface area contributed by atoms with Crippen molar-refractivity contribution in [3.8, 4) is 0 Å². The minimum Gasteiger partial charge on any atom is -0.480 e. The van der Waals surface area contributed by atoms with Gasteiger partial charge in [-0.05, 0) is 62.8 Å². The van der Waals surface area contributed by atoms with Crippen molar-refractivity contribution in [3.05, 3.63) is 48.0 Å². The summed E-state index contributed by atoms with van der Waals surface area (Å²) >= 11 is 2.96. The van der Waals surface area contributed by atoms with E-state index in [4.69, 9.17) is 0 Å². The van der Waals surface area contributed by atoms with Gasteiger partial charge in [0.25, 0.3) is 0 Å². The Morgan fingerprint density at radius 1 is 1.08 bits per heavy atom. The first-order valence-corrected chi connectivity index (χ1v) is 17.1. The highest BCUT2D eigenvalue weighted by Crippen LogP contribution is 2.62. The summed E-state index contributed by atoms with van der Waals surface area (Å²) in [4.78, 5) is 15.6. The van der Waals surface area contributed by atoms with Crippen molar-refractivity contribution >= 4 is 51.6 Å². The Balaban J connectivity index is 2.24. The van der Waals surface area contributed by atoms with Crippen LogP contribution in [0.1, 0.15) is 71.8 Å². The number of nitrogens with zero attached hydrogens (tertiary/aromatic N) is 2.